The van der Waals surface area contributed by atoms with Crippen molar-refractivity contribution in [3.63, 3.8) is 0 Å². The third-order valence-corrected chi connectivity index (χ3v) is 4.42. The molecular weight excluding hydrogens is 264 g/mol. The van der Waals surface area contributed by atoms with Crippen molar-refractivity contribution in [2.45, 2.75) is 32.2 Å². The van der Waals surface area contributed by atoms with Crippen LogP contribution in [0, 0.1) is 5.92 Å². The van der Waals surface area contributed by atoms with Gasteiger partial charge in [-0.25, -0.2) is 0 Å². The van der Waals surface area contributed by atoms with Crippen molar-refractivity contribution in [1.29, 1.82) is 0 Å². The number of fused-ring (bicyclic) bond motifs is 5. The zero-order valence-electron chi connectivity index (χ0n) is 13.2. The predicted molar refractivity (Wildman–Crippen MR) is 83.9 cm³/mol. The molecule has 1 aromatic heterocycles. The first-order chi connectivity index (χ1) is 9.91. The molecule has 0 aliphatic heterocycles. The molecule has 4 nitrogen and oxygen atoms in total. The number of aromatic nitrogens is 1. The molecular formula is C17H24N2O2. The Labute approximate surface area is 126 Å². The van der Waals surface area contributed by atoms with Crippen molar-refractivity contribution >= 4 is 0 Å². The molecule has 0 spiro atoms. The van der Waals surface area contributed by atoms with E-state index in [0.717, 1.165) is 17.7 Å². The lowest BCUT2D eigenvalue weighted by atomic mass is 9.97. The van der Waals surface area contributed by atoms with Gasteiger partial charge in [0.05, 0.1) is 0 Å². The van der Waals surface area contributed by atoms with Gasteiger partial charge in [0.1, 0.15) is 0 Å². The highest BCUT2D eigenvalue weighted by molar-refractivity contribution is 5.67. The minimum Gasteiger partial charge on any atom is -0.494 e. The Bertz CT molecular complexity index is 584. The van der Waals surface area contributed by atoms with Gasteiger partial charge >= 0.3 is 0 Å². The van der Waals surface area contributed by atoms with Crippen LogP contribution in [0.1, 0.15) is 36.8 Å². The number of aromatic hydroxyl groups is 2. The highest BCUT2D eigenvalue weighted by atomic mass is 16.3. The summed E-state index contributed by atoms with van der Waals surface area (Å²) in [4.78, 5) is 2.04. The molecule has 0 saturated carbocycles. The SMILES string of the molecule is CC(C)C=C1C2C=CC1c1c2c(O)n(CCN(C)C)c1O. The summed E-state index contributed by atoms with van der Waals surface area (Å²) in [5.41, 5.74) is 3.12. The Hall–Kier alpha value is -1.68. The molecule has 0 radical (unpaired) electrons. The van der Waals surface area contributed by atoms with Crippen LogP contribution in [-0.2, 0) is 6.54 Å². The Morgan fingerprint density at radius 2 is 1.67 bits per heavy atom. The summed E-state index contributed by atoms with van der Waals surface area (Å²) in [6.07, 6.45) is 6.56. The molecule has 2 unspecified atom stereocenters. The van der Waals surface area contributed by atoms with E-state index in [4.69, 9.17) is 0 Å². The van der Waals surface area contributed by atoms with Gasteiger partial charge in [0, 0.05) is 36.1 Å². The van der Waals surface area contributed by atoms with E-state index in [1.54, 1.807) is 4.57 Å². The van der Waals surface area contributed by atoms with Gasteiger partial charge in [-0.2, -0.15) is 0 Å². The monoisotopic (exact) mass is 288 g/mol. The van der Waals surface area contributed by atoms with Gasteiger partial charge in [0.2, 0.25) is 0 Å². The second-order valence-corrected chi connectivity index (χ2v) is 6.68. The Balaban J connectivity index is 2.00. The van der Waals surface area contributed by atoms with Crippen LogP contribution in [0.3, 0.4) is 0 Å². The first-order valence-electron chi connectivity index (χ1n) is 7.60. The van der Waals surface area contributed by atoms with E-state index in [2.05, 4.69) is 32.1 Å². The topological polar surface area (TPSA) is 48.6 Å². The summed E-state index contributed by atoms with van der Waals surface area (Å²) < 4.78 is 1.64. The van der Waals surface area contributed by atoms with E-state index in [1.165, 1.54) is 5.57 Å². The molecule has 4 heteroatoms. The van der Waals surface area contributed by atoms with Gasteiger partial charge in [0.25, 0.3) is 0 Å². The van der Waals surface area contributed by atoms with E-state index in [1.807, 2.05) is 19.0 Å². The molecule has 0 amide bonds. The Morgan fingerprint density at radius 1 is 1.14 bits per heavy atom. The number of allylic oxidation sites excluding steroid dienone is 4. The van der Waals surface area contributed by atoms with Crippen molar-refractivity contribution < 1.29 is 10.2 Å². The molecule has 0 fully saturated rings. The van der Waals surface area contributed by atoms with Gasteiger partial charge in [-0.1, -0.05) is 37.6 Å². The minimum absolute atomic E-state index is 0.138. The molecule has 2 N–H and O–H groups in total. The molecule has 1 heterocycles. The first kappa shape index (κ1) is 14.3. The van der Waals surface area contributed by atoms with Gasteiger partial charge in [-0.05, 0) is 20.0 Å². The van der Waals surface area contributed by atoms with Crippen molar-refractivity contribution in [2.75, 3.05) is 20.6 Å². The Kier molecular flexibility index (Phi) is 3.36. The van der Waals surface area contributed by atoms with E-state index < -0.39 is 0 Å². The average Bonchev–Trinajstić information content (AvgIpc) is 2.99. The van der Waals surface area contributed by atoms with Crippen LogP contribution in [-0.4, -0.2) is 40.3 Å². The zero-order valence-corrected chi connectivity index (χ0v) is 13.2. The smallest absolute Gasteiger partial charge is 0.198 e. The highest BCUT2D eigenvalue weighted by Crippen LogP contribution is 2.59. The van der Waals surface area contributed by atoms with E-state index in [9.17, 15) is 10.2 Å². The van der Waals surface area contributed by atoms with Crippen LogP contribution in [0.15, 0.2) is 23.8 Å². The van der Waals surface area contributed by atoms with Gasteiger partial charge < -0.3 is 15.1 Å². The fourth-order valence-electron chi connectivity index (χ4n) is 3.51. The van der Waals surface area contributed by atoms with Crippen LogP contribution in [0.5, 0.6) is 11.8 Å². The largest absolute Gasteiger partial charge is 0.494 e. The molecule has 1 aromatic rings. The van der Waals surface area contributed by atoms with E-state index >= 15 is 0 Å². The molecule has 2 atom stereocenters. The number of rotatable bonds is 4. The molecule has 0 saturated heterocycles. The molecule has 3 rings (SSSR count). The normalized spacial score (nSPS) is 22.7. The molecule has 114 valence electrons. The summed E-state index contributed by atoms with van der Waals surface area (Å²) >= 11 is 0. The van der Waals surface area contributed by atoms with Crippen LogP contribution < -0.4 is 0 Å². The number of hydrogen-bond acceptors (Lipinski definition) is 3. The lowest BCUT2D eigenvalue weighted by Crippen LogP contribution is -2.18. The lowest BCUT2D eigenvalue weighted by molar-refractivity contribution is 0.325. The fourth-order valence-corrected chi connectivity index (χ4v) is 3.51. The fraction of sp³-hybridized carbons (Fsp3) is 0.529. The molecule has 2 aliphatic rings. The third-order valence-electron chi connectivity index (χ3n) is 4.42. The molecule has 0 aromatic carbocycles. The highest BCUT2D eigenvalue weighted by Gasteiger charge is 2.44. The van der Waals surface area contributed by atoms with E-state index in [0.29, 0.717) is 12.5 Å². The van der Waals surface area contributed by atoms with Crippen LogP contribution in [0.25, 0.3) is 0 Å². The number of likely N-dealkylation sites (N-methyl/N-ethyl adjacent to an activating group) is 1. The summed E-state index contributed by atoms with van der Waals surface area (Å²) in [5.74, 6) is 1.21. The third kappa shape index (κ3) is 2.09. The minimum atomic E-state index is 0.138. The van der Waals surface area contributed by atoms with Gasteiger partial charge in [-0.15, -0.1) is 0 Å². The van der Waals surface area contributed by atoms with Crippen LogP contribution in [0.4, 0.5) is 0 Å². The van der Waals surface area contributed by atoms with Crippen LogP contribution in [0.2, 0.25) is 0 Å². The maximum absolute atomic E-state index is 10.5. The zero-order chi connectivity index (χ0) is 15.3. The summed E-state index contributed by atoms with van der Waals surface area (Å²) in [7, 11) is 3.97. The van der Waals surface area contributed by atoms with Gasteiger partial charge in [-0.3, -0.25) is 4.57 Å². The second kappa shape index (κ2) is 4.95. The summed E-state index contributed by atoms with van der Waals surface area (Å²) in [5, 5.41) is 21.1. The van der Waals surface area contributed by atoms with Crippen molar-refractivity contribution in [3.05, 3.63) is 34.9 Å². The maximum Gasteiger partial charge on any atom is 0.198 e. The molecule has 21 heavy (non-hydrogen) atoms. The van der Waals surface area contributed by atoms with Crippen molar-refractivity contribution in [3.8, 4) is 11.8 Å². The molecule has 2 bridgehead atoms. The quantitative estimate of drug-likeness (QED) is 0.838. The lowest BCUT2D eigenvalue weighted by Gasteiger charge is -2.15. The van der Waals surface area contributed by atoms with Gasteiger partial charge in [0.15, 0.2) is 11.8 Å². The molecule has 2 aliphatic carbocycles. The standard InChI is InChI=1S/C17H24N2O2/c1-10(2)9-13-11-5-6-12(13)15-14(11)16(20)19(17(15)21)8-7-18(3)4/h5-6,9-12,20-21H,7-8H2,1-4H3. The average molecular weight is 288 g/mol. The number of nitrogens with zero attached hydrogens (tertiary/aromatic N) is 2. The number of hydrogen-bond donors (Lipinski definition) is 2. The maximum atomic E-state index is 10.5. The first-order valence-corrected chi connectivity index (χ1v) is 7.60. The van der Waals surface area contributed by atoms with Crippen LogP contribution >= 0.6 is 0 Å². The predicted octanol–water partition coefficient (Wildman–Crippen LogP) is 2.79. The summed E-state index contributed by atoms with van der Waals surface area (Å²) in [6, 6.07) is 0. The summed E-state index contributed by atoms with van der Waals surface area (Å²) in [6.45, 7) is 5.70. The van der Waals surface area contributed by atoms with Crippen molar-refractivity contribution in [1.82, 2.24) is 9.47 Å². The Morgan fingerprint density at radius 3 is 2.10 bits per heavy atom. The van der Waals surface area contributed by atoms with E-state index in [-0.39, 0.29) is 23.6 Å². The van der Waals surface area contributed by atoms with Crippen molar-refractivity contribution in [2.24, 2.45) is 5.92 Å². The second-order valence-electron chi connectivity index (χ2n) is 6.68.